The number of likely N-dealkylation sites (N-methyl/N-ethyl adjacent to an activating group) is 1. The zero-order chi connectivity index (χ0) is 17.7. The lowest BCUT2D eigenvalue weighted by molar-refractivity contribution is 0.0748. The summed E-state index contributed by atoms with van der Waals surface area (Å²) in [6.45, 7) is 3.30. The first-order valence-electron chi connectivity index (χ1n) is 8.45. The van der Waals surface area contributed by atoms with Gasteiger partial charge in [0.2, 0.25) is 10.0 Å². The molecule has 1 saturated heterocycles. The number of nitrogens with two attached hydrogens (primary N) is 1. The third kappa shape index (κ3) is 5.17. The van der Waals surface area contributed by atoms with Crippen molar-refractivity contribution < 1.29 is 13.2 Å². The van der Waals surface area contributed by atoms with E-state index in [1.807, 2.05) is 6.92 Å². The molecular weight excluding hydrogens is 362 g/mol. The van der Waals surface area contributed by atoms with Crippen LogP contribution in [-0.4, -0.2) is 56.3 Å². The predicted octanol–water partition coefficient (Wildman–Crippen LogP) is 2.09. The molecule has 1 aliphatic rings. The third-order valence-electron chi connectivity index (χ3n) is 4.61. The molecule has 1 aromatic rings. The lowest BCUT2D eigenvalue weighted by Crippen LogP contribution is -2.39. The summed E-state index contributed by atoms with van der Waals surface area (Å²) in [6, 6.07) is 6.19. The van der Waals surface area contributed by atoms with Gasteiger partial charge in [-0.2, -0.15) is 4.31 Å². The molecule has 0 spiro atoms. The van der Waals surface area contributed by atoms with Crippen LogP contribution in [0.1, 0.15) is 43.0 Å². The summed E-state index contributed by atoms with van der Waals surface area (Å²) in [6.07, 6.45) is 3.89. The van der Waals surface area contributed by atoms with Gasteiger partial charge < -0.3 is 10.6 Å². The first-order chi connectivity index (χ1) is 11.4. The van der Waals surface area contributed by atoms with Gasteiger partial charge in [0, 0.05) is 38.3 Å². The average molecular weight is 390 g/mol. The number of rotatable bonds is 5. The molecule has 0 saturated carbocycles. The summed E-state index contributed by atoms with van der Waals surface area (Å²) in [7, 11) is -1.88. The van der Waals surface area contributed by atoms with E-state index in [4.69, 9.17) is 5.73 Å². The molecule has 6 nitrogen and oxygen atoms in total. The SMILES string of the molecule is CC(CN)N(C)C(=O)c1cccc(S(=O)(=O)N2CCCCCC2)c1.Cl. The molecule has 1 aromatic carbocycles. The lowest BCUT2D eigenvalue weighted by Gasteiger charge is -2.24. The van der Waals surface area contributed by atoms with Crippen molar-refractivity contribution in [2.45, 2.75) is 43.5 Å². The lowest BCUT2D eigenvalue weighted by atomic mass is 10.2. The van der Waals surface area contributed by atoms with Crippen LogP contribution in [0.5, 0.6) is 0 Å². The molecular formula is C17H28ClN3O3S. The van der Waals surface area contributed by atoms with E-state index in [-0.39, 0.29) is 29.3 Å². The van der Waals surface area contributed by atoms with Crippen molar-refractivity contribution in [2.75, 3.05) is 26.7 Å². The Bertz CT molecular complexity index is 673. The summed E-state index contributed by atoms with van der Waals surface area (Å²) in [5, 5.41) is 0. The first-order valence-corrected chi connectivity index (χ1v) is 9.89. The minimum atomic E-state index is -3.55. The largest absolute Gasteiger partial charge is 0.338 e. The maximum absolute atomic E-state index is 12.9. The van der Waals surface area contributed by atoms with Crippen molar-refractivity contribution in [2.24, 2.45) is 5.73 Å². The van der Waals surface area contributed by atoms with Gasteiger partial charge in [0.1, 0.15) is 0 Å². The van der Waals surface area contributed by atoms with E-state index in [0.29, 0.717) is 25.2 Å². The Hall–Kier alpha value is -1.15. The molecule has 142 valence electrons. The number of halogens is 1. The first kappa shape index (κ1) is 21.9. The molecule has 1 amide bonds. The van der Waals surface area contributed by atoms with Gasteiger partial charge in [0.05, 0.1) is 4.90 Å². The Morgan fingerprint density at radius 2 is 1.84 bits per heavy atom. The highest BCUT2D eigenvalue weighted by Crippen LogP contribution is 2.21. The fraction of sp³-hybridized carbons (Fsp3) is 0.588. The zero-order valence-corrected chi connectivity index (χ0v) is 16.5. The summed E-state index contributed by atoms with van der Waals surface area (Å²) in [5.74, 6) is -0.221. The van der Waals surface area contributed by atoms with Crippen molar-refractivity contribution in [1.29, 1.82) is 0 Å². The van der Waals surface area contributed by atoms with Gasteiger partial charge in [-0.25, -0.2) is 8.42 Å². The quantitative estimate of drug-likeness (QED) is 0.835. The van der Waals surface area contributed by atoms with Gasteiger partial charge in [0.15, 0.2) is 0 Å². The second-order valence-corrected chi connectivity index (χ2v) is 8.28. The van der Waals surface area contributed by atoms with Gasteiger partial charge >= 0.3 is 0 Å². The standard InChI is InChI=1S/C17H27N3O3S.ClH/c1-14(13-18)19(2)17(21)15-8-7-9-16(12-15)24(22,23)20-10-5-3-4-6-11-20;/h7-9,12,14H,3-6,10-11,13,18H2,1-2H3;1H. The molecule has 0 aliphatic carbocycles. The molecule has 2 rings (SSSR count). The average Bonchev–Trinajstić information content (AvgIpc) is 2.89. The second kappa shape index (κ2) is 9.52. The van der Waals surface area contributed by atoms with E-state index in [1.54, 1.807) is 25.2 Å². The predicted molar refractivity (Wildman–Crippen MR) is 102 cm³/mol. The fourth-order valence-corrected chi connectivity index (χ4v) is 4.35. The highest BCUT2D eigenvalue weighted by Gasteiger charge is 2.26. The molecule has 1 unspecified atom stereocenters. The van der Waals surface area contributed by atoms with Crippen molar-refractivity contribution in [3.8, 4) is 0 Å². The van der Waals surface area contributed by atoms with E-state index in [9.17, 15) is 13.2 Å². The van der Waals surface area contributed by atoms with E-state index in [1.165, 1.54) is 15.3 Å². The van der Waals surface area contributed by atoms with Crippen molar-refractivity contribution in [3.05, 3.63) is 29.8 Å². The van der Waals surface area contributed by atoms with Crippen molar-refractivity contribution >= 4 is 28.3 Å². The van der Waals surface area contributed by atoms with Crippen LogP contribution < -0.4 is 5.73 Å². The molecule has 1 aliphatic heterocycles. The topological polar surface area (TPSA) is 83.7 Å². The Labute approximate surface area is 156 Å². The third-order valence-corrected chi connectivity index (χ3v) is 6.50. The maximum Gasteiger partial charge on any atom is 0.253 e. The number of benzene rings is 1. The number of hydrogen-bond acceptors (Lipinski definition) is 4. The molecule has 0 aromatic heterocycles. The van der Waals surface area contributed by atoms with Crippen LogP contribution in [0.3, 0.4) is 0 Å². The minimum Gasteiger partial charge on any atom is -0.338 e. The van der Waals surface area contributed by atoms with Crippen molar-refractivity contribution in [1.82, 2.24) is 9.21 Å². The minimum absolute atomic E-state index is 0. The number of hydrogen-bond donors (Lipinski definition) is 1. The Balaban J connectivity index is 0.00000312. The molecule has 25 heavy (non-hydrogen) atoms. The van der Waals surface area contributed by atoms with E-state index < -0.39 is 10.0 Å². The van der Waals surface area contributed by atoms with Crippen LogP contribution in [0.15, 0.2) is 29.2 Å². The van der Waals surface area contributed by atoms with Crippen LogP contribution in [0.4, 0.5) is 0 Å². The molecule has 1 atom stereocenters. The van der Waals surface area contributed by atoms with Gasteiger partial charge in [-0.3, -0.25) is 4.79 Å². The summed E-state index contributed by atoms with van der Waals surface area (Å²) < 4.78 is 27.2. The van der Waals surface area contributed by atoms with E-state index in [2.05, 4.69) is 0 Å². The van der Waals surface area contributed by atoms with Crippen LogP contribution in [-0.2, 0) is 10.0 Å². The van der Waals surface area contributed by atoms with Crippen LogP contribution in [0, 0.1) is 0 Å². The fourth-order valence-electron chi connectivity index (χ4n) is 2.78. The molecule has 8 heteroatoms. The molecule has 1 heterocycles. The van der Waals surface area contributed by atoms with Gasteiger partial charge in [-0.1, -0.05) is 18.9 Å². The van der Waals surface area contributed by atoms with Crippen molar-refractivity contribution in [3.63, 3.8) is 0 Å². The van der Waals surface area contributed by atoms with Gasteiger partial charge in [-0.15, -0.1) is 12.4 Å². The molecule has 0 radical (unpaired) electrons. The molecule has 2 N–H and O–H groups in total. The summed E-state index contributed by atoms with van der Waals surface area (Å²) >= 11 is 0. The monoisotopic (exact) mass is 389 g/mol. The maximum atomic E-state index is 12.9. The number of carbonyl (C=O) groups is 1. The molecule has 1 fully saturated rings. The number of amides is 1. The summed E-state index contributed by atoms with van der Waals surface area (Å²) in [5.41, 5.74) is 5.97. The highest BCUT2D eigenvalue weighted by atomic mass is 35.5. The highest BCUT2D eigenvalue weighted by molar-refractivity contribution is 7.89. The number of carbonyl (C=O) groups excluding carboxylic acids is 1. The number of sulfonamides is 1. The second-order valence-electron chi connectivity index (χ2n) is 6.35. The van der Waals surface area contributed by atoms with Crippen LogP contribution in [0.25, 0.3) is 0 Å². The normalized spacial score (nSPS) is 17.2. The summed E-state index contributed by atoms with van der Waals surface area (Å²) in [4.78, 5) is 14.2. The smallest absolute Gasteiger partial charge is 0.253 e. The van der Waals surface area contributed by atoms with Gasteiger partial charge in [-0.05, 0) is 38.0 Å². The Morgan fingerprint density at radius 1 is 1.24 bits per heavy atom. The van der Waals surface area contributed by atoms with Gasteiger partial charge in [0.25, 0.3) is 5.91 Å². The Morgan fingerprint density at radius 3 is 2.40 bits per heavy atom. The van der Waals surface area contributed by atoms with Crippen LogP contribution >= 0.6 is 12.4 Å². The Kier molecular flexibility index (Phi) is 8.34. The van der Waals surface area contributed by atoms with E-state index >= 15 is 0 Å². The molecule has 0 bridgehead atoms. The van der Waals surface area contributed by atoms with Crippen LogP contribution in [0.2, 0.25) is 0 Å². The zero-order valence-electron chi connectivity index (χ0n) is 14.8. The number of nitrogens with zero attached hydrogens (tertiary/aromatic N) is 2. The van der Waals surface area contributed by atoms with E-state index in [0.717, 1.165) is 25.7 Å².